The molecule has 0 spiro atoms. The molecule has 1 amide bonds. The van der Waals surface area contributed by atoms with Gasteiger partial charge >= 0.3 is 0 Å². The van der Waals surface area contributed by atoms with Gasteiger partial charge in [0.05, 0.1) is 13.2 Å². The number of benzene rings is 2. The molecule has 1 heterocycles. The molecule has 0 radical (unpaired) electrons. The first kappa shape index (κ1) is 21.9. The summed E-state index contributed by atoms with van der Waals surface area (Å²) in [5, 5.41) is 2.67. The number of para-hydroxylation sites is 2. The van der Waals surface area contributed by atoms with E-state index < -0.39 is 11.9 Å². The van der Waals surface area contributed by atoms with Gasteiger partial charge in [-0.15, -0.1) is 12.4 Å². The minimum Gasteiger partial charge on any atom is -0.493 e. The molecule has 152 valence electrons. The summed E-state index contributed by atoms with van der Waals surface area (Å²) in [5.74, 6) is 0.0648. The van der Waals surface area contributed by atoms with E-state index in [2.05, 4.69) is 5.32 Å². The van der Waals surface area contributed by atoms with Crippen LogP contribution in [0.15, 0.2) is 42.5 Å². The molecule has 2 aromatic rings. The standard InChI is InChI=1S/C20H23FN2O4.ClH/c1-25-17-4-2-3-5-18(17)27-16-7-6-14(12-15(16)21)23-20(24)19(22)13-8-10-26-11-9-13;/h2-7,12-13,19H,8-11,22H2,1H3,(H,23,24);1H. The first-order chi connectivity index (χ1) is 13.1. The SMILES string of the molecule is COc1ccccc1Oc1ccc(NC(=O)C(N)C2CCOCC2)cc1F.Cl. The third-order valence-electron chi connectivity index (χ3n) is 4.56. The van der Waals surface area contributed by atoms with E-state index in [1.807, 2.05) is 0 Å². The third-order valence-corrected chi connectivity index (χ3v) is 4.56. The van der Waals surface area contributed by atoms with Crippen molar-refractivity contribution in [2.24, 2.45) is 11.7 Å². The third kappa shape index (κ3) is 5.34. The molecule has 0 aliphatic carbocycles. The molecule has 1 aliphatic heterocycles. The molecule has 0 saturated carbocycles. The number of carbonyl (C=O) groups is 1. The van der Waals surface area contributed by atoms with Crippen molar-refractivity contribution in [3.63, 3.8) is 0 Å². The van der Waals surface area contributed by atoms with Gasteiger partial charge in [0.1, 0.15) is 0 Å². The van der Waals surface area contributed by atoms with Gasteiger partial charge in [0.2, 0.25) is 5.91 Å². The van der Waals surface area contributed by atoms with E-state index in [0.717, 1.165) is 12.8 Å². The summed E-state index contributed by atoms with van der Waals surface area (Å²) in [6.45, 7) is 1.21. The molecule has 3 N–H and O–H groups in total. The maximum Gasteiger partial charge on any atom is 0.241 e. The number of carbonyl (C=O) groups excluding carboxylic acids is 1. The van der Waals surface area contributed by atoms with Gasteiger partial charge in [-0.25, -0.2) is 4.39 Å². The fourth-order valence-corrected chi connectivity index (χ4v) is 3.00. The maximum absolute atomic E-state index is 14.4. The smallest absolute Gasteiger partial charge is 0.241 e. The van der Waals surface area contributed by atoms with Crippen LogP contribution in [0.4, 0.5) is 10.1 Å². The van der Waals surface area contributed by atoms with Gasteiger partial charge in [-0.1, -0.05) is 12.1 Å². The number of methoxy groups -OCH3 is 1. The molecule has 8 heteroatoms. The second-order valence-electron chi connectivity index (χ2n) is 6.36. The molecule has 1 aliphatic rings. The van der Waals surface area contributed by atoms with E-state index in [4.69, 9.17) is 19.9 Å². The largest absolute Gasteiger partial charge is 0.493 e. The lowest BCUT2D eigenvalue weighted by atomic mass is 9.92. The molecule has 28 heavy (non-hydrogen) atoms. The lowest BCUT2D eigenvalue weighted by Crippen LogP contribution is -2.44. The quantitative estimate of drug-likeness (QED) is 0.758. The summed E-state index contributed by atoms with van der Waals surface area (Å²) >= 11 is 0. The maximum atomic E-state index is 14.4. The predicted octanol–water partition coefficient (Wildman–Crippen LogP) is 3.74. The molecule has 3 rings (SSSR count). The van der Waals surface area contributed by atoms with Crippen LogP contribution in [0.5, 0.6) is 17.2 Å². The van der Waals surface area contributed by atoms with Crippen molar-refractivity contribution in [2.45, 2.75) is 18.9 Å². The van der Waals surface area contributed by atoms with Crippen molar-refractivity contribution in [3.8, 4) is 17.2 Å². The number of halogens is 2. The van der Waals surface area contributed by atoms with Crippen molar-refractivity contribution in [1.82, 2.24) is 0 Å². The average molecular weight is 411 g/mol. The van der Waals surface area contributed by atoms with Gasteiger partial charge in [-0.3, -0.25) is 4.79 Å². The number of ether oxygens (including phenoxy) is 3. The second kappa shape index (κ2) is 10.3. The Hall–Kier alpha value is -2.35. The van der Waals surface area contributed by atoms with E-state index in [9.17, 15) is 9.18 Å². The van der Waals surface area contributed by atoms with Crippen LogP contribution in [0.25, 0.3) is 0 Å². The van der Waals surface area contributed by atoms with Gasteiger partial charge in [-0.2, -0.15) is 0 Å². The van der Waals surface area contributed by atoms with Crippen LogP contribution in [0.1, 0.15) is 12.8 Å². The lowest BCUT2D eigenvalue weighted by molar-refractivity contribution is -0.119. The molecule has 1 fully saturated rings. The summed E-state index contributed by atoms with van der Waals surface area (Å²) in [5.41, 5.74) is 6.37. The molecule has 1 atom stereocenters. The molecule has 1 saturated heterocycles. The molecule has 1 unspecified atom stereocenters. The fourth-order valence-electron chi connectivity index (χ4n) is 3.00. The van der Waals surface area contributed by atoms with Gasteiger partial charge in [0.25, 0.3) is 0 Å². The topological polar surface area (TPSA) is 82.8 Å². The number of hydrogen-bond acceptors (Lipinski definition) is 5. The molecule has 6 nitrogen and oxygen atoms in total. The van der Waals surface area contributed by atoms with Crippen LogP contribution in [0.3, 0.4) is 0 Å². The van der Waals surface area contributed by atoms with E-state index >= 15 is 0 Å². The van der Waals surface area contributed by atoms with Gasteiger partial charge in [-0.05, 0) is 43.0 Å². The first-order valence-electron chi connectivity index (χ1n) is 8.83. The Morgan fingerprint density at radius 2 is 1.86 bits per heavy atom. The van der Waals surface area contributed by atoms with E-state index in [0.29, 0.717) is 30.4 Å². The Labute approximate surface area is 169 Å². The lowest BCUT2D eigenvalue weighted by Gasteiger charge is -2.26. The monoisotopic (exact) mass is 410 g/mol. The summed E-state index contributed by atoms with van der Waals surface area (Å²) < 4.78 is 30.5. The van der Waals surface area contributed by atoms with Crippen molar-refractivity contribution < 1.29 is 23.4 Å². The molecular formula is C20H24ClFN2O4. The molecule has 0 bridgehead atoms. The highest BCUT2D eigenvalue weighted by Gasteiger charge is 2.26. The van der Waals surface area contributed by atoms with Crippen LogP contribution in [-0.2, 0) is 9.53 Å². The summed E-state index contributed by atoms with van der Waals surface area (Å²) in [4.78, 5) is 12.3. The minimum absolute atomic E-state index is 0. The normalized spacial score (nSPS) is 15.2. The summed E-state index contributed by atoms with van der Waals surface area (Å²) in [7, 11) is 1.51. The zero-order chi connectivity index (χ0) is 19.2. The van der Waals surface area contributed by atoms with Crippen LogP contribution < -0.4 is 20.5 Å². The zero-order valence-corrected chi connectivity index (χ0v) is 16.3. The van der Waals surface area contributed by atoms with Gasteiger partial charge in [0.15, 0.2) is 23.1 Å². The number of anilines is 1. The summed E-state index contributed by atoms with van der Waals surface area (Å²) in [6.07, 6.45) is 1.49. The van der Waals surface area contributed by atoms with Crippen molar-refractivity contribution in [2.75, 3.05) is 25.6 Å². The Balaban J connectivity index is 0.00000280. The highest BCUT2D eigenvalue weighted by molar-refractivity contribution is 5.95. The molecule has 0 aromatic heterocycles. The first-order valence-corrected chi connectivity index (χ1v) is 8.83. The number of hydrogen-bond donors (Lipinski definition) is 2. The van der Waals surface area contributed by atoms with Crippen LogP contribution >= 0.6 is 12.4 Å². The average Bonchev–Trinajstić information content (AvgIpc) is 2.70. The predicted molar refractivity (Wildman–Crippen MR) is 107 cm³/mol. The van der Waals surface area contributed by atoms with Crippen molar-refractivity contribution in [1.29, 1.82) is 0 Å². The summed E-state index contributed by atoms with van der Waals surface area (Å²) in [6, 6.07) is 10.5. The van der Waals surface area contributed by atoms with Crippen LogP contribution in [0.2, 0.25) is 0 Å². The number of rotatable bonds is 6. The van der Waals surface area contributed by atoms with E-state index in [1.54, 1.807) is 30.3 Å². The van der Waals surface area contributed by atoms with Crippen molar-refractivity contribution >= 4 is 24.0 Å². The van der Waals surface area contributed by atoms with E-state index in [-0.39, 0.29) is 30.0 Å². The van der Waals surface area contributed by atoms with Crippen molar-refractivity contribution in [3.05, 3.63) is 48.3 Å². The Kier molecular flexibility index (Phi) is 8.04. The Morgan fingerprint density at radius 3 is 2.50 bits per heavy atom. The number of amides is 1. The van der Waals surface area contributed by atoms with Crippen LogP contribution in [-0.4, -0.2) is 32.3 Å². The Morgan fingerprint density at radius 1 is 1.18 bits per heavy atom. The molecular weight excluding hydrogens is 387 g/mol. The fraction of sp³-hybridized carbons (Fsp3) is 0.350. The van der Waals surface area contributed by atoms with E-state index in [1.165, 1.54) is 19.2 Å². The van der Waals surface area contributed by atoms with Crippen LogP contribution in [0, 0.1) is 11.7 Å². The Bertz CT molecular complexity index is 800. The highest BCUT2D eigenvalue weighted by Crippen LogP contribution is 2.33. The highest BCUT2D eigenvalue weighted by atomic mass is 35.5. The van der Waals surface area contributed by atoms with Gasteiger partial charge < -0.3 is 25.3 Å². The molecule has 2 aromatic carbocycles. The number of nitrogens with two attached hydrogens (primary N) is 1. The van der Waals surface area contributed by atoms with Gasteiger partial charge in [0, 0.05) is 25.0 Å². The minimum atomic E-state index is -0.651. The zero-order valence-electron chi connectivity index (χ0n) is 15.5. The second-order valence-corrected chi connectivity index (χ2v) is 6.36. The number of nitrogens with one attached hydrogen (secondary N) is 1.